The summed E-state index contributed by atoms with van der Waals surface area (Å²) in [6.07, 6.45) is 5.29. The van der Waals surface area contributed by atoms with Gasteiger partial charge in [0.05, 0.1) is 17.9 Å². The van der Waals surface area contributed by atoms with E-state index in [4.69, 9.17) is 4.74 Å². The molecule has 0 unspecified atom stereocenters. The van der Waals surface area contributed by atoms with E-state index in [1.54, 1.807) is 38.2 Å². The molecule has 7 heteroatoms. The molecule has 0 spiro atoms. The Balaban J connectivity index is 1.55. The number of rotatable bonds is 5. The Kier molecular flexibility index (Phi) is 5.96. The molecular formula is C18H25N3O3S. The summed E-state index contributed by atoms with van der Waals surface area (Å²) < 4.78 is 5.59. The van der Waals surface area contributed by atoms with Crippen molar-refractivity contribution >= 4 is 23.6 Å². The van der Waals surface area contributed by atoms with Gasteiger partial charge in [0.15, 0.2) is 0 Å². The van der Waals surface area contributed by atoms with Crippen LogP contribution in [0.2, 0.25) is 0 Å². The average Bonchev–Trinajstić information content (AvgIpc) is 3.02. The second kappa shape index (κ2) is 8.19. The second-order valence-electron chi connectivity index (χ2n) is 6.84. The van der Waals surface area contributed by atoms with Crippen molar-refractivity contribution in [2.75, 3.05) is 26.0 Å². The van der Waals surface area contributed by atoms with Crippen molar-refractivity contribution in [3.05, 3.63) is 24.5 Å². The molecule has 6 nitrogen and oxygen atoms in total. The highest BCUT2D eigenvalue weighted by molar-refractivity contribution is 8.00. The maximum Gasteiger partial charge on any atom is 0.232 e. The van der Waals surface area contributed by atoms with Crippen molar-refractivity contribution in [3.63, 3.8) is 0 Å². The number of methoxy groups -OCH3 is 1. The number of pyridine rings is 1. The first kappa shape index (κ1) is 18.2. The van der Waals surface area contributed by atoms with Crippen LogP contribution in [0, 0.1) is 11.8 Å². The van der Waals surface area contributed by atoms with Crippen LogP contribution in [-0.4, -0.2) is 59.8 Å². The van der Waals surface area contributed by atoms with Crippen molar-refractivity contribution in [2.24, 2.45) is 11.8 Å². The molecule has 1 N–H and O–H groups in total. The van der Waals surface area contributed by atoms with Gasteiger partial charge in [0, 0.05) is 44.4 Å². The molecule has 1 saturated heterocycles. The molecule has 0 bridgehead atoms. The van der Waals surface area contributed by atoms with Gasteiger partial charge in [0.1, 0.15) is 0 Å². The summed E-state index contributed by atoms with van der Waals surface area (Å²) in [4.78, 5) is 31.0. The smallest absolute Gasteiger partial charge is 0.232 e. The number of carbonyl (C=O) groups excluding carboxylic acids is 2. The molecule has 2 fully saturated rings. The lowest BCUT2D eigenvalue weighted by molar-refractivity contribution is -0.127. The molecule has 3 rings (SSSR count). The summed E-state index contributed by atoms with van der Waals surface area (Å²) in [5.41, 5.74) is 0. The van der Waals surface area contributed by atoms with Crippen molar-refractivity contribution < 1.29 is 14.3 Å². The summed E-state index contributed by atoms with van der Waals surface area (Å²) in [5.74, 6) is 1.51. The van der Waals surface area contributed by atoms with E-state index < -0.39 is 0 Å². The van der Waals surface area contributed by atoms with Gasteiger partial charge >= 0.3 is 0 Å². The number of hydrogen-bond donors (Lipinski definition) is 1. The third-order valence-corrected chi connectivity index (χ3v) is 6.17. The first-order valence-electron chi connectivity index (χ1n) is 8.67. The number of aromatic nitrogens is 1. The number of fused-ring (bicyclic) bond motifs is 1. The maximum absolute atomic E-state index is 12.6. The molecule has 2 amide bonds. The number of ether oxygens (including phenoxy) is 1. The molecule has 1 aliphatic carbocycles. The van der Waals surface area contributed by atoms with Gasteiger partial charge in [-0.25, -0.2) is 0 Å². The topological polar surface area (TPSA) is 71.5 Å². The molecular weight excluding hydrogens is 338 g/mol. The van der Waals surface area contributed by atoms with Gasteiger partial charge in [-0.3, -0.25) is 14.6 Å². The van der Waals surface area contributed by atoms with Crippen molar-refractivity contribution in [1.29, 1.82) is 0 Å². The molecule has 4 atom stereocenters. The quantitative estimate of drug-likeness (QED) is 0.804. The van der Waals surface area contributed by atoms with Crippen LogP contribution < -0.4 is 5.32 Å². The largest absolute Gasteiger partial charge is 0.379 e. The number of nitrogens with one attached hydrogen (secondary N) is 1. The standard InChI is InChI=1S/C18H25N3O3S/c1-12(22)20-16-7-13-9-21(10-14(13)8-17(16)24-2)18(23)11-25-15-3-5-19-6-4-15/h3-6,13-14,16-17H,7-11H2,1-2H3,(H,20,22)/t13-,14+,16-,17-/m1/s1. The first-order chi connectivity index (χ1) is 12.1. The molecule has 25 heavy (non-hydrogen) atoms. The summed E-state index contributed by atoms with van der Waals surface area (Å²) >= 11 is 1.55. The average molecular weight is 363 g/mol. The number of carbonyl (C=O) groups is 2. The summed E-state index contributed by atoms with van der Waals surface area (Å²) in [6, 6.07) is 3.89. The van der Waals surface area contributed by atoms with E-state index in [9.17, 15) is 9.59 Å². The number of thioether (sulfide) groups is 1. The number of amides is 2. The fourth-order valence-corrected chi connectivity index (χ4v) is 4.75. The predicted octanol–water partition coefficient (Wildman–Crippen LogP) is 1.56. The lowest BCUT2D eigenvalue weighted by atomic mass is 9.77. The fourth-order valence-electron chi connectivity index (χ4n) is 3.96. The van der Waals surface area contributed by atoms with Crippen LogP contribution >= 0.6 is 11.8 Å². The van der Waals surface area contributed by atoms with Crippen LogP contribution in [0.25, 0.3) is 0 Å². The molecule has 1 aliphatic heterocycles. The van der Waals surface area contributed by atoms with Gasteiger partial charge in [0.25, 0.3) is 0 Å². The Morgan fingerprint density at radius 3 is 2.60 bits per heavy atom. The van der Waals surface area contributed by atoms with Gasteiger partial charge in [-0.15, -0.1) is 11.8 Å². The molecule has 0 aromatic carbocycles. The van der Waals surface area contributed by atoms with E-state index in [1.165, 1.54) is 0 Å². The van der Waals surface area contributed by atoms with Gasteiger partial charge in [-0.1, -0.05) is 0 Å². The van der Waals surface area contributed by atoms with Crippen LogP contribution in [0.15, 0.2) is 29.4 Å². The fraction of sp³-hybridized carbons (Fsp3) is 0.611. The number of nitrogens with zero attached hydrogens (tertiary/aromatic N) is 2. The van der Waals surface area contributed by atoms with Gasteiger partial charge < -0.3 is 15.0 Å². The van der Waals surface area contributed by atoms with Crippen LogP contribution in [0.3, 0.4) is 0 Å². The summed E-state index contributed by atoms with van der Waals surface area (Å²) in [6.45, 7) is 3.12. The Morgan fingerprint density at radius 2 is 1.96 bits per heavy atom. The lowest BCUT2D eigenvalue weighted by Gasteiger charge is -2.37. The van der Waals surface area contributed by atoms with Gasteiger partial charge in [-0.2, -0.15) is 0 Å². The summed E-state index contributed by atoms with van der Waals surface area (Å²) in [7, 11) is 1.70. The van der Waals surface area contributed by atoms with E-state index in [-0.39, 0.29) is 24.0 Å². The first-order valence-corrected chi connectivity index (χ1v) is 9.66. The molecule has 2 heterocycles. The predicted molar refractivity (Wildman–Crippen MR) is 96.2 cm³/mol. The highest BCUT2D eigenvalue weighted by atomic mass is 32.2. The molecule has 2 aliphatic rings. The molecule has 136 valence electrons. The third-order valence-electron chi connectivity index (χ3n) is 5.17. The molecule has 1 saturated carbocycles. The lowest BCUT2D eigenvalue weighted by Crippen LogP contribution is -2.49. The monoisotopic (exact) mass is 363 g/mol. The van der Waals surface area contributed by atoms with E-state index >= 15 is 0 Å². The minimum Gasteiger partial charge on any atom is -0.379 e. The molecule has 1 aromatic heterocycles. The Bertz CT molecular complexity index is 613. The van der Waals surface area contributed by atoms with Gasteiger partial charge in [-0.05, 0) is 36.8 Å². The highest BCUT2D eigenvalue weighted by Gasteiger charge is 2.43. The zero-order chi connectivity index (χ0) is 17.8. The van der Waals surface area contributed by atoms with Crippen LogP contribution in [0.1, 0.15) is 19.8 Å². The number of hydrogen-bond acceptors (Lipinski definition) is 5. The Hall–Kier alpha value is -1.60. The maximum atomic E-state index is 12.6. The minimum atomic E-state index is -0.0230. The van der Waals surface area contributed by atoms with E-state index in [0.29, 0.717) is 17.6 Å². The van der Waals surface area contributed by atoms with Crippen molar-refractivity contribution in [3.8, 4) is 0 Å². The molecule has 1 aromatic rings. The van der Waals surface area contributed by atoms with Crippen molar-refractivity contribution in [1.82, 2.24) is 15.2 Å². The highest BCUT2D eigenvalue weighted by Crippen LogP contribution is 2.37. The molecule has 0 radical (unpaired) electrons. The Labute approximate surface area is 152 Å². The number of likely N-dealkylation sites (tertiary alicyclic amines) is 1. The summed E-state index contributed by atoms with van der Waals surface area (Å²) in [5, 5.41) is 3.01. The zero-order valence-corrected chi connectivity index (χ0v) is 15.5. The van der Waals surface area contributed by atoms with E-state index in [2.05, 4.69) is 10.3 Å². The van der Waals surface area contributed by atoms with Crippen LogP contribution in [0.5, 0.6) is 0 Å². The third kappa shape index (κ3) is 4.52. The zero-order valence-electron chi connectivity index (χ0n) is 14.7. The van der Waals surface area contributed by atoms with Crippen LogP contribution in [-0.2, 0) is 14.3 Å². The van der Waals surface area contributed by atoms with E-state index in [1.807, 2.05) is 17.0 Å². The Morgan fingerprint density at radius 1 is 1.28 bits per heavy atom. The van der Waals surface area contributed by atoms with Crippen LogP contribution in [0.4, 0.5) is 0 Å². The second-order valence-corrected chi connectivity index (χ2v) is 7.89. The SMILES string of the molecule is CO[C@@H]1C[C@H]2CN(C(=O)CSc3ccncc3)C[C@H]2C[C@H]1NC(C)=O. The van der Waals surface area contributed by atoms with Crippen molar-refractivity contribution in [2.45, 2.75) is 36.8 Å². The van der Waals surface area contributed by atoms with E-state index in [0.717, 1.165) is 30.8 Å². The minimum absolute atomic E-state index is 0.0230. The normalized spacial score (nSPS) is 28.5. The van der Waals surface area contributed by atoms with Gasteiger partial charge in [0.2, 0.25) is 11.8 Å².